The van der Waals surface area contributed by atoms with Gasteiger partial charge in [0.1, 0.15) is 0 Å². The van der Waals surface area contributed by atoms with E-state index in [-0.39, 0.29) is 0 Å². The minimum absolute atomic E-state index is 0.558. The Morgan fingerprint density at radius 1 is 1.15 bits per heavy atom. The molecule has 1 heteroatoms. The van der Waals surface area contributed by atoms with Crippen LogP contribution in [0.15, 0.2) is 0 Å². The molecule has 0 bridgehead atoms. The van der Waals surface area contributed by atoms with Crippen molar-refractivity contribution in [2.45, 2.75) is 64.7 Å². The van der Waals surface area contributed by atoms with Crippen molar-refractivity contribution in [2.24, 2.45) is 11.8 Å². The predicted octanol–water partition coefficient (Wildman–Crippen LogP) is 4.29. The first kappa shape index (κ1) is 11.5. The molecule has 0 aromatic carbocycles. The highest BCUT2D eigenvalue weighted by Crippen LogP contribution is 2.48. The third kappa shape index (κ3) is 3.58. The quantitative estimate of drug-likeness (QED) is 0.583. The van der Waals surface area contributed by atoms with Crippen LogP contribution in [0.1, 0.15) is 53.9 Å². The largest absolute Gasteiger partial charge is 0.113 e. The lowest BCUT2D eigenvalue weighted by molar-refractivity contribution is 0.401. The van der Waals surface area contributed by atoms with E-state index in [4.69, 9.17) is 0 Å². The van der Waals surface area contributed by atoms with Crippen LogP contribution in [0.25, 0.3) is 0 Å². The van der Waals surface area contributed by atoms with Gasteiger partial charge in [-0.05, 0) is 35.5 Å². The Kier molecular flexibility index (Phi) is 3.81. The van der Waals surface area contributed by atoms with E-state index in [2.05, 4.69) is 34.6 Å². The van der Waals surface area contributed by atoms with Crippen LogP contribution in [0.4, 0.5) is 0 Å². The first-order valence-corrected chi connectivity index (χ1v) is 6.75. The maximum atomic E-state index is 2.40. The molecular formula is C12H25P. The van der Waals surface area contributed by atoms with Gasteiger partial charge in [-0.15, -0.1) is 8.58 Å². The molecule has 0 aliphatic heterocycles. The van der Waals surface area contributed by atoms with Crippen LogP contribution in [0.5, 0.6) is 0 Å². The number of rotatable bonds is 2. The zero-order valence-electron chi connectivity index (χ0n) is 9.85. The highest BCUT2D eigenvalue weighted by atomic mass is 31.1. The molecule has 0 aromatic heterocycles. The summed E-state index contributed by atoms with van der Waals surface area (Å²) in [5.41, 5.74) is 1.04. The zero-order chi connectivity index (χ0) is 10.1. The third-order valence-electron chi connectivity index (χ3n) is 3.04. The fraction of sp³-hybridized carbons (Fsp3) is 1.00. The van der Waals surface area contributed by atoms with Crippen LogP contribution in [-0.4, -0.2) is 10.8 Å². The molecule has 0 radical (unpaired) electrons. The Labute approximate surface area is 85.7 Å². The van der Waals surface area contributed by atoms with Gasteiger partial charge in [-0.2, -0.15) is 0 Å². The summed E-state index contributed by atoms with van der Waals surface area (Å²) in [6.07, 6.45) is 4.47. The molecule has 0 nitrogen and oxygen atoms in total. The van der Waals surface area contributed by atoms with Gasteiger partial charge in [0.15, 0.2) is 0 Å². The smallest absolute Gasteiger partial charge is 0.0201 e. The van der Waals surface area contributed by atoms with Crippen molar-refractivity contribution >= 4 is 8.58 Å². The van der Waals surface area contributed by atoms with E-state index in [9.17, 15) is 0 Å². The summed E-state index contributed by atoms with van der Waals surface area (Å²) in [5.74, 6) is 1.93. The highest BCUT2D eigenvalue weighted by molar-refractivity contribution is 7.40. The molecule has 0 heterocycles. The van der Waals surface area contributed by atoms with Crippen molar-refractivity contribution in [2.75, 3.05) is 0 Å². The maximum Gasteiger partial charge on any atom is -0.0201 e. The molecule has 1 fully saturated rings. The Morgan fingerprint density at radius 3 is 2.23 bits per heavy atom. The van der Waals surface area contributed by atoms with Crippen molar-refractivity contribution in [1.29, 1.82) is 0 Å². The second-order valence-corrected chi connectivity index (χ2v) is 8.37. The molecule has 1 saturated carbocycles. The normalized spacial score (nSPS) is 30.9. The lowest BCUT2D eigenvalue weighted by atomic mass is 9.94. The van der Waals surface area contributed by atoms with Crippen LogP contribution in [0.3, 0.4) is 0 Å². The SMILES string of the molecule is CC(C)C1CCCC1PC(C)(C)C. The fourth-order valence-corrected chi connectivity index (χ4v) is 4.75. The molecule has 0 spiro atoms. The van der Waals surface area contributed by atoms with Gasteiger partial charge in [0.25, 0.3) is 0 Å². The third-order valence-corrected chi connectivity index (χ3v) is 5.00. The van der Waals surface area contributed by atoms with Gasteiger partial charge in [-0.1, -0.05) is 41.0 Å². The summed E-state index contributed by atoms with van der Waals surface area (Å²) < 4.78 is 0. The summed E-state index contributed by atoms with van der Waals surface area (Å²) in [6.45, 7) is 12.0. The van der Waals surface area contributed by atoms with Gasteiger partial charge in [0, 0.05) is 0 Å². The molecule has 3 atom stereocenters. The van der Waals surface area contributed by atoms with Crippen LogP contribution >= 0.6 is 8.58 Å². The summed E-state index contributed by atoms with van der Waals surface area (Å²) in [5, 5.41) is 0.558. The van der Waals surface area contributed by atoms with Gasteiger partial charge in [0.05, 0.1) is 0 Å². The van der Waals surface area contributed by atoms with Crippen molar-refractivity contribution in [3.05, 3.63) is 0 Å². The Morgan fingerprint density at radius 2 is 1.77 bits per heavy atom. The van der Waals surface area contributed by atoms with Crippen LogP contribution in [0, 0.1) is 11.8 Å². The fourth-order valence-electron chi connectivity index (χ4n) is 2.52. The van der Waals surface area contributed by atoms with Crippen molar-refractivity contribution < 1.29 is 0 Å². The molecule has 3 unspecified atom stereocenters. The average molecular weight is 200 g/mol. The van der Waals surface area contributed by atoms with E-state index in [1.54, 1.807) is 0 Å². The van der Waals surface area contributed by atoms with Gasteiger partial charge in [-0.25, -0.2) is 0 Å². The number of hydrogen-bond donors (Lipinski definition) is 0. The molecule has 0 aromatic rings. The van der Waals surface area contributed by atoms with Crippen LogP contribution in [-0.2, 0) is 0 Å². The first-order chi connectivity index (χ1) is 5.90. The standard InChI is InChI=1S/C12H25P/c1-9(2)10-7-6-8-11(10)13-12(3,4)5/h9-11,13H,6-8H2,1-5H3. The highest BCUT2D eigenvalue weighted by Gasteiger charge is 2.31. The van der Waals surface area contributed by atoms with Gasteiger partial charge in [-0.3, -0.25) is 0 Å². The van der Waals surface area contributed by atoms with E-state index in [1.165, 1.54) is 27.8 Å². The summed E-state index contributed by atoms with van der Waals surface area (Å²) in [6, 6.07) is 0. The average Bonchev–Trinajstić information content (AvgIpc) is 2.31. The molecule has 13 heavy (non-hydrogen) atoms. The summed E-state index contributed by atoms with van der Waals surface area (Å²) in [4.78, 5) is 0. The minimum atomic E-state index is 0.558. The zero-order valence-corrected chi connectivity index (χ0v) is 10.9. The topological polar surface area (TPSA) is 0 Å². The number of hydrogen-bond acceptors (Lipinski definition) is 0. The summed E-state index contributed by atoms with van der Waals surface area (Å²) in [7, 11) is 1.17. The van der Waals surface area contributed by atoms with E-state index >= 15 is 0 Å². The maximum absolute atomic E-state index is 2.40. The Bertz CT molecular complexity index is 155. The van der Waals surface area contributed by atoms with Gasteiger partial charge >= 0.3 is 0 Å². The second kappa shape index (κ2) is 4.30. The second-order valence-electron chi connectivity index (χ2n) is 5.84. The molecule has 0 amide bonds. The van der Waals surface area contributed by atoms with E-state index < -0.39 is 0 Å². The lowest BCUT2D eigenvalue weighted by Crippen LogP contribution is -2.20. The van der Waals surface area contributed by atoms with Crippen molar-refractivity contribution in [1.82, 2.24) is 0 Å². The molecule has 1 rings (SSSR count). The molecule has 0 saturated heterocycles. The molecule has 1 aliphatic rings. The summed E-state index contributed by atoms with van der Waals surface area (Å²) >= 11 is 0. The lowest BCUT2D eigenvalue weighted by Gasteiger charge is -2.29. The van der Waals surface area contributed by atoms with Crippen molar-refractivity contribution in [3.8, 4) is 0 Å². The molecular weight excluding hydrogens is 175 g/mol. The van der Waals surface area contributed by atoms with Crippen LogP contribution in [0.2, 0.25) is 0 Å². The predicted molar refractivity (Wildman–Crippen MR) is 64.0 cm³/mol. The molecule has 1 aliphatic carbocycles. The van der Waals surface area contributed by atoms with Crippen molar-refractivity contribution in [3.63, 3.8) is 0 Å². The molecule has 78 valence electrons. The van der Waals surface area contributed by atoms with Crippen LogP contribution < -0.4 is 0 Å². The van der Waals surface area contributed by atoms with E-state index in [0.717, 1.165) is 17.5 Å². The van der Waals surface area contributed by atoms with Gasteiger partial charge in [0.2, 0.25) is 0 Å². The molecule has 0 N–H and O–H groups in total. The minimum Gasteiger partial charge on any atom is -0.113 e. The monoisotopic (exact) mass is 200 g/mol. The first-order valence-electron chi connectivity index (χ1n) is 5.68. The Hall–Kier alpha value is 0.430. The van der Waals surface area contributed by atoms with E-state index in [1.807, 2.05) is 0 Å². The van der Waals surface area contributed by atoms with Gasteiger partial charge < -0.3 is 0 Å². The van der Waals surface area contributed by atoms with E-state index in [0.29, 0.717) is 5.16 Å². The Balaban J connectivity index is 2.49.